The Morgan fingerprint density at radius 2 is 2.07 bits per heavy atom. The number of aromatic nitrogens is 2. The fraction of sp³-hybridized carbons (Fsp3) is 0.250. The number of ether oxygens (including phenoxy) is 1. The second-order valence-electron chi connectivity index (χ2n) is 7.77. The molecule has 0 saturated heterocycles. The first-order valence-electron chi connectivity index (χ1n) is 9.96. The topological polar surface area (TPSA) is 47.4 Å². The summed E-state index contributed by atoms with van der Waals surface area (Å²) in [5, 5.41) is 0. The third-order valence-corrected chi connectivity index (χ3v) is 5.73. The van der Waals surface area contributed by atoms with E-state index in [-0.39, 0.29) is 5.56 Å². The Balaban J connectivity index is 1.36. The molecule has 5 nitrogen and oxygen atoms in total. The van der Waals surface area contributed by atoms with Gasteiger partial charge < -0.3 is 9.64 Å². The maximum absolute atomic E-state index is 12.7. The van der Waals surface area contributed by atoms with Crippen LogP contribution in [0.5, 0.6) is 5.75 Å². The largest absolute Gasteiger partial charge is 0.487 e. The van der Waals surface area contributed by atoms with Crippen LogP contribution in [0.4, 0.5) is 0 Å². The first kappa shape index (κ1) is 17.9. The van der Waals surface area contributed by atoms with E-state index >= 15 is 0 Å². The first-order chi connectivity index (χ1) is 14.2. The van der Waals surface area contributed by atoms with Crippen molar-refractivity contribution in [3.05, 3.63) is 93.7 Å². The zero-order valence-electron chi connectivity index (χ0n) is 16.5. The third kappa shape index (κ3) is 3.49. The lowest BCUT2D eigenvalue weighted by atomic mass is 9.99. The standard InChI is InChI=1S/C24H23N3O2/c1-26-10-8-23-18(15-26)12-17-13-20(5-6-22(17)23)27-11-7-21(14-24(27)28)29-16-19-4-2-3-9-25-19/h2-7,9,11,13-14H,8,10,12,15-16H2,1H3. The fourth-order valence-electron chi connectivity index (χ4n) is 4.27. The van der Waals surface area contributed by atoms with E-state index < -0.39 is 0 Å². The fourth-order valence-corrected chi connectivity index (χ4v) is 4.27. The molecule has 3 aromatic rings. The SMILES string of the molecule is CN1CCC2=C(Cc3cc(-n4ccc(OCc5ccccn5)cc4=O)ccc32)C1. The number of hydrogen-bond acceptors (Lipinski definition) is 4. The van der Waals surface area contributed by atoms with Crippen molar-refractivity contribution in [3.8, 4) is 11.4 Å². The van der Waals surface area contributed by atoms with Gasteiger partial charge in [-0.15, -0.1) is 0 Å². The van der Waals surface area contributed by atoms with Gasteiger partial charge >= 0.3 is 0 Å². The average molecular weight is 385 g/mol. The molecule has 0 radical (unpaired) electrons. The molecule has 0 amide bonds. The molecule has 1 aliphatic carbocycles. The predicted octanol–water partition coefficient (Wildman–Crippen LogP) is 3.46. The molecule has 5 rings (SSSR count). The van der Waals surface area contributed by atoms with Crippen LogP contribution in [0.2, 0.25) is 0 Å². The Morgan fingerprint density at radius 1 is 1.14 bits per heavy atom. The van der Waals surface area contributed by atoms with Crippen LogP contribution in [0.1, 0.15) is 23.2 Å². The summed E-state index contributed by atoms with van der Waals surface area (Å²) in [6.45, 7) is 2.50. The highest BCUT2D eigenvalue weighted by Crippen LogP contribution is 2.38. The molecule has 29 heavy (non-hydrogen) atoms. The van der Waals surface area contributed by atoms with Crippen molar-refractivity contribution in [1.29, 1.82) is 0 Å². The molecule has 2 aliphatic rings. The maximum atomic E-state index is 12.7. The minimum absolute atomic E-state index is 0.0982. The Hall–Kier alpha value is -3.18. The van der Waals surface area contributed by atoms with E-state index in [4.69, 9.17) is 4.74 Å². The first-order valence-corrected chi connectivity index (χ1v) is 9.96. The summed E-state index contributed by atoms with van der Waals surface area (Å²) in [4.78, 5) is 19.3. The summed E-state index contributed by atoms with van der Waals surface area (Å²) in [6.07, 6.45) is 5.62. The second-order valence-corrected chi connectivity index (χ2v) is 7.77. The summed E-state index contributed by atoms with van der Waals surface area (Å²) >= 11 is 0. The van der Waals surface area contributed by atoms with E-state index in [0.29, 0.717) is 12.4 Å². The van der Waals surface area contributed by atoms with E-state index in [9.17, 15) is 4.79 Å². The number of pyridine rings is 2. The minimum atomic E-state index is -0.0982. The zero-order valence-corrected chi connectivity index (χ0v) is 16.5. The van der Waals surface area contributed by atoms with Gasteiger partial charge in [0.25, 0.3) is 5.56 Å². The van der Waals surface area contributed by atoms with Crippen LogP contribution in [-0.4, -0.2) is 34.6 Å². The van der Waals surface area contributed by atoms with E-state index in [2.05, 4.69) is 29.1 Å². The molecular formula is C24H23N3O2. The average Bonchev–Trinajstić information content (AvgIpc) is 3.09. The second kappa shape index (κ2) is 7.33. The van der Waals surface area contributed by atoms with Crippen molar-refractivity contribution in [2.45, 2.75) is 19.4 Å². The summed E-state index contributed by atoms with van der Waals surface area (Å²) < 4.78 is 7.40. The number of fused-ring (bicyclic) bond motifs is 2. The summed E-state index contributed by atoms with van der Waals surface area (Å²) in [7, 11) is 2.18. The van der Waals surface area contributed by atoms with Crippen molar-refractivity contribution in [3.63, 3.8) is 0 Å². The normalized spacial score (nSPS) is 15.9. The lowest BCUT2D eigenvalue weighted by Gasteiger charge is -2.24. The molecule has 0 saturated carbocycles. The molecule has 2 aromatic heterocycles. The number of likely N-dealkylation sites (N-methyl/N-ethyl adjacent to an activating group) is 1. The van der Waals surface area contributed by atoms with Crippen LogP contribution < -0.4 is 10.3 Å². The van der Waals surface area contributed by atoms with Crippen LogP contribution in [0.15, 0.2) is 71.3 Å². The van der Waals surface area contributed by atoms with E-state index in [0.717, 1.165) is 37.3 Å². The Bertz CT molecular complexity index is 1150. The van der Waals surface area contributed by atoms with Gasteiger partial charge in [-0.1, -0.05) is 12.1 Å². The van der Waals surface area contributed by atoms with E-state index in [1.165, 1.54) is 28.3 Å². The van der Waals surface area contributed by atoms with Crippen LogP contribution in [0, 0.1) is 0 Å². The number of benzene rings is 1. The van der Waals surface area contributed by atoms with Gasteiger partial charge in [0, 0.05) is 37.2 Å². The Labute approximate surface area is 169 Å². The predicted molar refractivity (Wildman–Crippen MR) is 113 cm³/mol. The molecular weight excluding hydrogens is 362 g/mol. The zero-order chi connectivity index (χ0) is 19.8. The molecule has 0 atom stereocenters. The number of rotatable bonds is 4. The molecule has 3 heterocycles. The van der Waals surface area contributed by atoms with Gasteiger partial charge in [0.15, 0.2) is 0 Å². The third-order valence-electron chi connectivity index (χ3n) is 5.73. The monoisotopic (exact) mass is 385 g/mol. The Morgan fingerprint density at radius 3 is 2.90 bits per heavy atom. The molecule has 0 spiro atoms. The highest BCUT2D eigenvalue weighted by Gasteiger charge is 2.25. The molecule has 146 valence electrons. The maximum Gasteiger partial charge on any atom is 0.258 e. The quantitative estimate of drug-likeness (QED) is 0.690. The van der Waals surface area contributed by atoms with Crippen molar-refractivity contribution < 1.29 is 4.74 Å². The summed E-state index contributed by atoms with van der Waals surface area (Å²) in [5.41, 5.74) is 7.35. The lowest BCUT2D eigenvalue weighted by molar-refractivity contribution is 0.300. The van der Waals surface area contributed by atoms with Gasteiger partial charge in [-0.05, 0) is 72.5 Å². The van der Waals surface area contributed by atoms with E-state index in [1.807, 2.05) is 30.3 Å². The highest BCUT2D eigenvalue weighted by atomic mass is 16.5. The van der Waals surface area contributed by atoms with Gasteiger partial charge in [-0.3, -0.25) is 14.3 Å². The molecule has 0 fully saturated rings. The lowest BCUT2D eigenvalue weighted by Crippen LogP contribution is -2.26. The van der Waals surface area contributed by atoms with Crippen molar-refractivity contribution >= 4 is 5.57 Å². The number of nitrogens with zero attached hydrogens (tertiary/aromatic N) is 3. The van der Waals surface area contributed by atoms with Gasteiger partial charge in [-0.2, -0.15) is 0 Å². The molecule has 0 unspecified atom stereocenters. The van der Waals surface area contributed by atoms with Crippen LogP contribution >= 0.6 is 0 Å². The van der Waals surface area contributed by atoms with Crippen LogP contribution in [-0.2, 0) is 13.0 Å². The molecule has 1 aromatic carbocycles. The van der Waals surface area contributed by atoms with Crippen molar-refractivity contribution in [1.82, 2.24) is 14.5 Å². The van der Waals surface area contributed by atoms with Crippen molar-refractivity contribution in [2.24, 2.45) is 0 Å². The molecule has 0 N–H and O–H groups in total. The molecule has 5 heteroatoms. The van der Waals surface area contributed by atoms with Crippen molar-refractivity contribution in [2.75, 3.05) is 20.1 Å². The van der Waals surface area contributed by atoms with Gasteiger partial charge in [0.05, 0.1) is 5.69 Å². The van der Waals surface area contributed by atoms with Crippen LogP contribution in [0.25, 0.3) is 11.3 Å². The summed E-state index contributed by atoms with van der Waals surface area (Å²) in [5.74, 6) is 0.554. The molecule has 1 aliphatic heterocycles. The summed E-state index contributed by atoms with van der Waals surface area (Å²) in [6, 6.07) is 15.4. The Kier molecular flexibility index (Phi) is 4.52. The highest BCUT2D eigenvalue weighted by molar-refractivity contribution is 5.78. The van der Waals surface area contributed by atoms with Gasteiger partial charge in [0.1, 0.15) is 12.4 Å². The minimum Gasteiger partial charge on any atom is -0.487 e. The van der Waals surface area contributed by atoms with Crippen LogP contribution in [0.3, 0.4) is 0 Å². The van der Waals surface area contributed by atoms with E-state index in [1.54, 1.807) is 17.0 Å². The van der Waals surface area contributed by atoms with Gasteiger partial charge in [0.2, 0.25) is 0 Å². The molecule has 0 bridgehead atoms. The smallest absolute Gasteiger partial charge is 0.258 e. The van der Waals surface area contributed by atoms with Gasteiger partial charge in [-0.25, -0.2) is 0 Å². The number of hydrogen-bond donors (Lipinski definition) is 0.